The van der Waals surface area contributed by atoms with Crippen LogP contribution >= 0.6 is 0 Å². The number of rotatable bonds is 3. The maximum absolute atomic E-state index is 5.68. The summed E-state index contributed by atoms with van der Waals surface area (Å²) < 4.78 is 0. The molecule has 9 heavy (non-hydrogen) atoms. The zero-order chi connectivity index (χ0) is 7.49. The lowest BCUT2D eigenvalue weighted by Crippen LogP contribution is -2.51. The lowest BCUT2D eigenvalue weighted by molar-refractivity contribution is 0.615. The van der Waals surface area contributed by atoms with Gasteiger partial charge in [-0.1, -0.05) is 26.6 Å². The molecule has 0 heterocycles. The third-order valence-corrected chi connectivity index (χ3v) is 2.30. The molecule has 0 aromatic rings. The van der Waals surface area contributed by atoms with Gasteiger partial charge in [0.1, 0.15) is 8.24 Å². The first-order valence-corrected chi connectivity index (χ1v) is 6.99. The van der Waals surface area contributed by atoms with Crippen LogP contribution in [0.15, 0.2) is 0 Å². The Kier molecular flexibility index (Phi) is 3.39. The minimum Gasteiger partial charge on any atom is -0.323 e. The van der Waals surface area contributed by atoms with E-state index in [2.05, 4.69) is 31.5 Å². The van der Waals surface area contributed by atoms with E-state index in [4.69, 9.17) is 5.73 Å². The van der Waals surface area contributed by atoms with Gasteiger partial charge in [-0.3, -0.25) is 0 Å². The standard InChI is InChI=1S/C6H18N2Si/c1-5-6(7)8-9(2,3)4/h6,8H,5,7H2,1-4H3. The summed E-state index contributed by atoms with van der Waals surface area (Å²) in [7, 11) is -1.12. The van der Waals surface area contributed by atoms with Gasteiger partial charge in [-0.05, 0) is 6.42 Å². The highest BCUT2D eigenvalue weighted by molar-refractivity contribution is 6.73. The van der Waals surface area contributed by atoms with Gasteiger partial charge in [0.2, 0.25) is 0 Å². The second kappa shape index (κ2) is 3.34. The maximum Gasteiger partial charge on any atom is 0.117 e. The summed E-state index contributed by atoms with van der Waals surface area (Å²) in [6.07, 6.45) is 1.22. The maximum atomic E-state index is 5.68. The predicted molar refractivity (Wildman–Crippen MR) is 44.7 cm³/mol. The molecule has 0 aliphatic heterocycles. The molecule has 0 saturated carbocycles. The highest BCUT2D eigenvalue weighted by Gasteiger charge is 2.14. The van der Waals surface area contributed by atoms with Crippen LogP contribution in [0.5, 0.6) is 0 Å². The molecule has 0 bridgehead atoms. The van der Waals surface area contributed by atoms with E-state index >= 15 is 0 Å². The molecule has 0 aromatic carbocycles. The van der Waals surface area contributed by atoms with E-state index in [-0.39, 0.29) is 6.17 Å². The zero-order valence-electron chi connectivity index (χ0n) is 6.86. The van der Waals surface area contributed by atoms with Crippen molar-refractivity contribution in [3.63, 3.8) is 0 Å². The van der Waals surface area contributed by atoms with Crippen molar-refractivity contribution in [2.75, 3.05) is 0 Å². The van der Waals surface area contributed by atoms with Crippen LogP contribution in [0.2, 0.25) is 19.6 Å². The molecule has 0 aliphatic carbocycles. The van der Waals surface area contributed by atoms with Crippen LogP contribution in [-0.4, -0.2) is 14.4 Å². The lowest BCUT2D eigenvalue weighted by atomic mass is 10.4. The van der Waals surface area contributed by atoms with E-state index in [0.717, 1.165) is 6.42 Å². The fraction of sp³-hybridized carbons (Fsp3) is 1.00. The van der Waals surface area contributed by atoms with Crippen molar-refractivity contribution < 1.29 is 0 Å². The fourth-order valence-corrected chi connectivity index (χ4v) is 1.97. The summed E-state index contributed by atoms with van der Waals surface area (Å²) in [4.78, 5) is 3.39. The number of nitrogens with two attached hydrogens (primary N) is 1. The van der Waals surface area contributed by atoms with Crippen molar-refractivity contribution in [2.24, 2.45) is 5.73 Å². The number of hydrogen-bond acceptors (Lipinski definition) is 2. The van der Waals surface area contributed by atoms with Crippen molar-refractivity contribution in [2.45, 2.75) is 39.2 Å². The Bertz CT molecular complexity index is 77.6. The summed E-state index contributed by atoms with van der Waals surface area (Å²) >= 11 is 0. The molecule has 0 fully saturated rings. The monoisotopic (exact) mass is 146 g/mol. The van der Waals surface area contributed by atoms with Crippen LogP contribution in [-0.2, 0) is 0 Å². The molecule has 1 atom stereocenters. The Morgan fingerprint density at radius 3 is 2.00 bits per heavy atom. The molecule has 0 rings (SSSR count). The van der Waals surface area contributed by atoms with E-state index < -0.39 is 8.24 Å². The Morgan fingerprint density at radius 2 is 1.89 bits per heavy atom. The third kappa shape index (κ3) is 6.02. The summed E-state index contributed by atoms with van der Waals surface area (Å²) in [5, 5.41) is 0. The highest BCUT2D eigenvalue weighted by atomic mass is 28.3. The topological polar surface area (TPSA) is 38.0 Å². The van der Waals surface area contributed by atoms with Gasteiger partial charge >= 0.3 is 0 Å². The SMILES string of the molecule is CCC(N)N[Si](C)(C)C. The second-order valence-electron chi connectivity index (χ2n) is 3.41. The highest BCUT2D eigenvalue weighted by Crippen LogP contribution is 1.95. The summed E-state index contributed by atoms with van der Waals surface area (Å²) in [5.74, 6) is 0. The minimum atomic E-state index is -1.12. The van der Waals surface area contributed by atoms with Crippen molar-refractivity contribution >= 4 is 8.24 Å². The minimum absolute atomic E-state index is 0.205. The molecule has 0 aromatic heterocycles. The van der Waals surface area contributed by atoms with Crippen LogP contribution in [0.4, 0.5) is 0 Å². The van der Waals surface area contributed by atoms with Crippen LogP contribution < -0.4 is 10.7 Å². The predicted octanol–water partition coefficient (Wildman–Crippen LogP) is 1.11. The quantitative estimate of drug-likeness (QED) is 0.462. The average molecular weight is 146 g/mol. The molecule has 0 saturated heterocycles. The first kappa shape index (κ1) is 9.14. The van der Waals surface area contributed by atoms with E-state index in [0.29, 0.717) is 0 Å². The third-order valence-electron chi connectivity index (χ3n) is 1.06. The molecule has 3 heteroatoms. The molecule has 56 valence electrons. The molecule has 0 aliphatic rings. The Labute approximate surface area is 58.9 Å². The van der Waals surface area contributed by atoms with Crippen LogP contribution in [0.3, 0.4) is 0 Å². The first-order chi connectivity index (χ1) is 3.95. The lowest BCUT2D eigenvalue weighted by Gasteiger charge is -2.22. The molecule has 0 spiro atoms. The Hall–Kier alpha value is 0.137. The smallest absolute Gasteiger partial charge is 0.117 e. The average Bonchev–Trinajstić information content (AvgIpc) is 1.62. The normalized spacial score (nSPS) is 15.7. The van der Waals surface area contributed by atoms with Crippen LogP contribution in [0, 0.1) is 0 Å². The zero-order valence-corrected chi connectivity index (χ0v) is 7.86. The molecule has 1 unspecified atom stereocenters. The number of nitrogens with one attached hydrogen (secondary N) is 1. The van der Waals surface area contributed by atoms with Gasteiger partial charge in [-0.25, -0.2) is 0 Å². The van der Waals surface area contributed by atoms with Gasteiger partial charge in [0, 0.05) is 6.17 Å². The summed E-state index contributed by atoms with van der Waals surface area (Å²) in [6, 6.07) is 0. The summed E-state index contributed by atoms with van der Waals surface area (Å²) in [5.41, 5.74) is 5.68. The van der Waals surface area contributed by atoms with Gasteiger partial charge in [0.15, 0.2) is 0 Å². The van der Waals surface area contributed by atoms with E-state index in [1.165, 1.54) is 0 Å². The van der Waals surface area contributed by atoms with Crippen molar-refractivity contribution in [1.29, 1.82) is 0 Å². The van der Waals surface area contributed by atoms with E-state index in [1.807, 2.05) is 0 Å². The van der Waals surface area contributed by atoms with Gasteiger partial charge in [-0.15, -0.1) is 0 Å². The first-order valence-electron chi connectivity index (χ1n) is 3.49. The van der Waals surface area contributed by atoms with E-state index in [9.17, 15) is 0 Å². The Balaban J connectivity index is 3.47. The van der Waals surface area contributed by atoms with Gasteiger partial charge < -0.3 is 10.7 Å². The van der Waals surface area contributed by atoms with E-state index in [1.54, 1.807) is 0 Å². The van der Waals surface area contributed by atoms with Gasteiger partial charge in [0.05, 0.1) is 0 Å². The van der Waals surface area contributed by atoms with Gasteiger partial charge in [0.25, 0.3) is 0 Å². The van der Waals surface area contributed by atoms with Crippen LogP contribution in [0.1, 0.15) is 13.3 Å². The van der Waals surface area contributed by atoms with Gasteiger partial charge in [-0.2, -0.15) is 0 Å². The molecular weight excluding hydrogens is 128 g/mol. The van der Waals surface area contributed by atoms with Crippen molar-refractivity contribution in [3.05, 3.63) is 0 Å². The summed E-state index contributed by atoms with van der Waals surface area (Å²) in [6.45, 7) is 8.85. The molecular formula is C6H18N2Si. The molecule has 0 radical (unpaired) electrons. The molecule has 0 amide bonds. The Morgan fingerprint density at radius 1 is 1.44 bits per heavy atom. The fourth-order valence-electron chi connectivity index (χ4n) is 0.658. The van der Waals surface area contributed by atoms with Crippen molar-refractivity contribution in [3.8, 4) is 0 Å². The second-order valence-corrected chi connectivity index (χ2v) is 8.20. The van der Waals surface area contributed by atoms with Crippen molar-refractivity contribution in [1.82, 2.24) is 4.98 Å². The molecule has 2 nitrogen and oxygen atoms in total. The van der Waals surface area contributed by atoms with Crippen LogP contribution in [0.25, 0.3) is 0 Å². The largest absolute Gasteiger partial charge is 0.323 e. The number of hydrogen-bond donors (Lipinski definition) is 2. The molecule has 3 N–H and O–H groups in total.